The molecule has 58 valence electrons. The van der Waals surface area contributed by atoms with E-state index in [-0.39, 0.29) is 0 Å². The molecule has 0 spiro atoms. The minimum absolute atomic E-state index is 0.856. The van der Waals surface area contributed by atoms with Gasteiger partial charge in [-0.1, -0.05) is 6.08 Å². The third-order valence-electron chi connectivity index (χ3n) is 0.809. The van der Waals surface area contributed by atoms with Gasteiger partial charge in [0.1, 0.15) is 0 Å². The molecular formula is C7H13NS2. The van der Waals surface area contributed by atoms with Crippen LogP contribution in [-0.4, -0.2) is 29.2 Å². The van der Waals surface area contributed by atoms with Crippen molar-refractivity contribution in [2.24, 2.45) is 0 Å². The predicted molar refractivity (Wildman–Crippen MR) is 53.6 cm³/mol. The molecule has 3 heteroatoms. The van der Waals surface area contributed by atoms with Crippen molar-refractivity contribution in [2.75, 3.05) is 23.0 Å². The van der Waals surface area contributed by atoms with Crippen molar-refractivity contribution in [3.63, 3.8) is 0 Å². The number of hydrogen-bond donors (Lipinski definition) is 1. The van der Waals surface area contributed by atoms with Crippen LogP contribution >= 0.6 is 23.5 Å². The first-order valence-electron chi connectivity index (χ1n) is 3.17. The van der Waals surface area contributed by atoms with Gasteiger partial charge in [0.15, 0.2) is 0 Å². The number of rotatable bonds is 7. The van der Waals surface area contributed by atoms with E-state index in [2.05, 4.69) is 6.58 Å². The highest BCUT2D eigenvalue weighted by Crippen LogP contribution is 2.05. The van der Waals surface area contributed by atoms with Crippen molar-refractivity contribution >= 4 is 29.7 Å². The molecule has 0 aliphatic carbocycles. The molecule has 0 aromatic carbocycles. The molecule has 0 rings (SSSR count). The first-order chi connectivity index (χ1) is 4.91. The SMILES string of the molecule is C=CCSCCSCC=N. The number of nitrogens with one attached hydrogen (secondary N) is 1. The van der Waals surface area contributed by atoms with Gasteiger partial charge in [-0.05, 0) is 0 Å². The molecule has 0 aliphatic heterocycles. The van der Waals surface area contributed by atoms with Crippen molar-refractivity contribution in [1.82, 2.24) is 0 Å². The van der Waals surface area contributed by atoms with E-state index in [0.717, 1.165) is 17.3 Å². The molecule has 0 heterocycles. The summed E-state index contributed by atoms with van der Waals surface area (Å²) in [6.45, 7) is 3.63. The summed E-state index contributed by atoms with van der Waals surface area (Å²) >= 11 is 3.70. The average Bonchev–Trinajstić information content (AvgIpc) is 1.97. The summed E-state index contributed by atoms with van der Waals surface area (Å²) in [6.07, 6.45) is 3.37. The summed E-state index contributed by atoms with van der Waals surface area (Å²) in [5.41, 5.74) is 0. The van der Waals surface area contributed by atoms with Gasteiger partial charge in [-0.25, -0.2) is 0 Å². The van der Waals surface area contributed by atoms with E-state index >= 15 is 0 Å². The first kappa shape index (κ1) is 10.1. The van der Waals surface area contributed by atoms with Gasteiger partial charge in [-0.15, -0.1) is 6.58 Å². The molecule has 1 N–H and O–H groups in total. The van der Waals surface area contributed by atoms with Crippen molar-refractivity contribution < 1.29 is 0 Å². The van der Waals surface area contributed by atoms with Gasteiger partial charge in [0.25, 0.3) is 0 Å². The largest absolute Gasteiger partial charge is 0.312 e. The second-order valence-electron chi connectivity index (χ2n) is 1.64. The lowest BCUT2D eigenvalue weighted by Gasteiger charge is -1.95. The van der Waals surface area contributed by atoms with Gasteiger partial charge in [-0.2, -0.15) is 23.5 Å². The van der Waals surface area contributed by atoms with E-state index in [9.17, 15) is 0 Å². The maximum absolute atomic E-state index is 6.75. The molecule has 0 fully saturated rings. The lowest BCUT2D eigenvalue weighted by molar-refractivity contribution is 1.52. The summed E-state index contributed by atoms with van der Waals surface area (Å²) in [5, 5.41) is 6.75. The Morgan fingerprint density at radius 3 is 2.30 bits per heavy atom. The van der Waals surface area contributed by atoms with Crippen LogP contribution in [0.25, 0.3) is 0 Å². The summed E-state index contributed by atoms with van der Waals surface area (Å²) in [4.78, 5) is 0. The highest BCUT2D eigenvalue weighted by atomic mass is 32.2. The maximum atomic E-state index is 6.75. The minimum Gasteiger partial charge on any atom is -0.312 e. The van der Waals surface area contributed by atoms with Gasteiger partial charge >= 0.3 is 0 Å². The van der Waals surface area contributed by atoms with Crippen molar-refractivity contribution in [1.29, 1.82) is 5.41 Å². The molecule has 0 aliphatic rings. The first-order valence-corrected chi connectivity index (χ1v) is 5.48. The fourth-order valence-electron chi connectivity index (χ4n) is 0.427. The lowest BCUT2D eigenvalue weighted by atomic mass is 10.8. The van der Waals surface area contributed by atoms with Crippen LogP contribution in [0.4, 0.5) is 0 Å². The summed E-state index contributed by atoms with van der Waals surface area (Å²) in [6, 6.07) is 0. The Balaban J connectivity index is 2.76. The lowest BCUT2D eigenvalue weighted by Crippen LogP contribution is -1.87. The monoisotopic (exact) mass is 175 g/mol. The van der Waals surface area contributed by atoms with Crippen LogP contribution in [0.2, 0.25) is 0 Å². The number of hydrogen-bond acceptors (Lipinski definition) is 3. The van der Waals surface area contributed by atoms with Gasteiger partial charge < -0.3 is 5.41 Å². The van der Waals surface area contributed by atoms with E-state index in [1.54, 1.807) is 11.8 Å². The van der Waals surface area contributed by atoms with Crippen molar-refractivity contribution in [2.45, 2.75) is 0 Å². The van der Waals surface area contributed by atoms with Gasteiger partial charge in [0.05, 0.1) is 0 Å². The Hall–Kier alpha value is 0.110. The molecule has 0 aromatic heterocycles. The molecular weight excluding hydrogens is 162 g/mol. The standard InChI is InChI=1S/C7H13NS2/c1-2-4-9-6-7-10-5-3-8/h2-3,8H,1,4-7H2. The second-order valence-corrected chi connectivity index (χ2v) is 3.94. The Labute approximate surface area is 71.2 Å². The molecule has 0 saturated carbocycles. The van der Waals surface area contributed by atoms with E-state index in [0.29, 0.717) is 0 Å². The molecule has 0 amide bonds. The van der Waals surface area contributed by atoms with E-state index in [1.807, 2.05) is 17.8 Å². The van der Waals surface area contributed by atoms with Crippen LogP contribution in [0.15, 0.2) is 12.7 Å². The summed E-state index contributed by atoms with van der Waals surface area (Å²) in [7, 11) is 0. The molecule has 0 atom stereocenters. The minimum atomic E-state index is 0.856. The smallest absolute Gasteiger partial charge is 0.0281 e. The van der Waals surface area contributed by atoms with Gasteiger partial charge in [0.2, 0.25) is 0 Å². The Kier molecular flexibility index (Phi) is 9.21. The van der Waals surface area contributed by atoms with Crippen molar-refractivity contribution in [3.8, 4) is 0 Å². The topological polar surface area (TPSA) is 23.9 Å². The fraction of sp³-hybridized carbons (Fsp3) is 0.571. The van der Waals surface area contributed by atoms with Crippen LogP contribution in [-0.2, 0) is 0 Å². The van der Waals surface area contributed by atoms with Crippen LogP contribution in [0.3, 0.4) is 0 Å². The van der Waals surface area contributed by atoms with Gasteiger partial charge in [-0.3, -0.25) is 0 Å². The predicted octanol–water partition coefficient (Wildman–Crippen LogP) is 2.29. The van der Waals surface area contributed by atoms with Crippen LogP contribution in [0.1, 0.15) is 0 Å². The molecule has 0 radical (unpaired) electrons. The van der Waals surface area contributed by atoms with Crippen molar-refractivity contribution in [3.05, 3.63) is 12.7 Å². The van der Waals surface area contributed by atoms with Crippen LogP contribution < -0.4 is 0 Å². The third kappa shape index (κ3) is 8.11. The zero-order valence-electron chi connectivity index (χ0n) is 6.01. The van der Waals surface area contributed by atoms with E-state index in [1.165, 1.54) is 12.0 Å². The zero-order valence-corrected chi connectivity index (χ0v) is 7.64. The zero-order chi connectivity index (χ0) is 7.66. The third-order valence-corrected chi connectivity index (χ3v) is 2.93. The molecule has 10 heavy (non-hydrogen) atoms. The Morgan fingerprint density at radius 2 is 1.80 bits per heavy atom. The fourth-order valence-corrected chi connectivity index (χ4v) is 1.99. The van der Waals surface area contributed by atoms with Crippen LogP contribution in [0, 0.1) is 5.41 Å². The quantitative estimate of drug-likeness (QED) is 0.364. The highest BCUT2D eigenvalue weighted by molar-refractivity contribution is 8.03. The number of thioether (sulfide) groups is 2. The van der Waals surface area contributed by atoms with Gasteiger partial charge in [0, 0.05) is 29.2 Å². The van der Waals surface area contributed by atoms with E-state index in [4.69, 9.17) is 5.41 Å². The summed E-state index contributed by atoms with van der Waals surface area (Å²) < 4.78 is 0. The summed E-state index contributed by atoms with van der Waals surface area (Å²) in [5.74, 6) is 4.22. The molecule has 0 unspecified atom stereocenters. The normalized spacial score (nSPS) is 9.20. The molecule has 0 aromatic rings. The maximum Gasteiger partial charge on any atom is 0.0281 e. The Bertz CT molecular complexity index is 81.6. The second kappa shape index (κ2) is 9.11. The van der Waals surface area contributed by atoms with Crippen LogP contribution in [0.5, 0.6) is 0 Å². The molecule has 0 bridgehead atoms. The average molecular weight is 175 g/mol. The molecule has 1 nitrogen and oxygen atoms in total. The Morgan fingerprint density at radius 1 is 1.20 bits per heavy atom. The van der Waals surface area contributed by atoms with E-state index < -0.39 is 0 Å². The highest BCUT2D eigenvalue weighted by Gasteiger charge is 1.85. The molecule has 0 saturated heterocycles.